The SMILES string of the molecule is CC1(C)N=C(Cl)c2cccc(Cl)c2S1. The van der Waals surface area contributed by atoms with Gasteiger partial charge in [0.1, 0.15) is 10.0 Å². The molecule has 0 bridgehead atoms. The molecule has 0 atom stereocenters. The number of fused-ring (bicyclic) bond motifs is 1. The maximum Gasteiger partial charge on any atom is 0.133 e. The number of benzene rings is 1. The van der Waals surface area contributed by atoms with E-state index < -0.39 is 0 Å². The fourth-order valence-corrected chi connectivity index (χ4v) is 3.19. The second-order valence-corrected chi connectivity index (χ2v) is 5.94. The summed E-state index contributed by atoms with van der Waals surface area (Å²) in [6, 6.07) is 5.70. The zero-order valence-electron chi connectivity index (χ0n) is 7.84. The van der Waals surface area contributed by atoms with Crippen LogP contribution in [0.2, 0.25) is 5.02 Å². The number of nitrogens with zero attached hydrogens (tertiary/aromatic N) is 1. The first-order valence-corrected chi connectivity index (χ1v) is 5.80. The second kappa shape index (κ2) is 3.44. The number of rotatable bonds is 0. The van der Waals surface area contributed by atoms with Crippen molar-refractivity contribution in [2.75, 3.05) is 0 Å². The Hall–Kier alpha value is -0.180. The van der Waals surface area contributed by atoms with E-state index in [4.69, 9.17) is 23.2 Å². The second-order valence-electron chi connectivity index (χ2n) is 3.57. The molecule has 0 spiro atoms. The Bertz CT molecular complexity index is 413. The molecule has 4 heteroatoms. The van der Waals surface area contributed by atoms with Crippen LogP contribution >= 0.6 is 35.0 Å². The predicted octanol–water partition coefficient (Wildman–Crippen LogP) is 4.17. The van der Waals surface area contributed by atoms with Crippen LogP contribution < -0.4 is 0 Å². The highest BCUT2D eigenvalue weighted by molar-refractivity contribution is 8.00. The maximum absolute atomic E-state index is 6.10. The molecule has 1 heterocycles. The normalized spacial score (nSPS) is 18.7. The van der Waals surface area contributed by atoms with E-state index in [0.29, 0.717) is 5.17 Å². The molecule has 1 aliphatic rings. The molecule has 0 amide bonds. The first kappa shape index (κ1) is 10.3. The van der Waals surface area contributed by atoms with Crippen LogP contribution in [0.1, 0.15) is 19.4 Å². The molecule has 0 saturated heterocycles. The van der Waals surface area contributed by atoms with Crippen LogP contribution in [0, 0.1) is 0 Å². The van der Waals surface area contributed by atoms with E-state index in [0.717, 1.165) is 15.5 Å². The first-order valence-electron chi connectivity index (χ1n) is 4.23. The van der Waals surface area contributed by atoms with Gasteiger partial charge in [0, 0.05) is 10.5 Å². The number of thioether (sulfide) groups is 1. The molecular formula is C10H9Cl2NS. The molecule has 14 heavy (non-hydrogen) atoms. The third-order valence-corrected chi connectivity index (χ3v) is 3.86. The van der Waals surface area contributed by atoms with Crippen molar-refractivity contribution in [3.63, 3.8) is 0 Å². The van der Waals surface area contributed by atoms with Gasteiger partial charge in [-0.25, -0.2) is 0 Å². The third kappa shape index (κ3) is 1.79. The summed E-state index contributed by atoms with van der Waals surface area (Å²) in [6.07, 6.45) is 0. The van der Waals surface area contributed by atoms with E-state index in [1.807, 2.05) is 32.0 Å². The average molecular weight is 246 g/mol. The zero-order chi connectivity index (χ0) is 10.3. The van der Waals surface area contributed by atoms with Gasteiger partial charge in [-0.15, -0.1) is 0 Å². The fraction of sp³-hybridized carbons (Fsp3) is 0.300. The van der Waals surface area contributed by atoms with E-state index in [9.17, 15) is 0 Å². The van der Waals surface area contributed by atoms with Crippen molar-refractivity contribution in [1.82, 2.24) is 0 Å². The van der Waals surface area contributed by atoms with Crippen molar-refractivity contribution in [3.8, 4) is 0 Å². The number of aliphatic imine (C=N–C) groups is 1. The molecule has 0 saturated carbocycles. The van der Waals surface area contributed by atoms with Crippen molar-refractivity contribution in [1.29, 1.82) is 0 Å². The first-order chi connectivity index (χ1) is 6.49. The predicted molar refractivity (Wildman–Crippen MR) is 63.8 cm³/mol. The van der Waals surface area contributed by atoms with Gasteiger partial charge in [-0.2, -0.15) is 0 Å². The number of hydrogen-bond donors (Lipinski definition) is 0. The summed E-state index contributed by atoms with van der Waals surface area (Å²) in [4.78, 5) is 5.18. The van der Waals surface area contributed by atoms with Crippen LogP contribution in [0.4, 0.5) is 0 Å². The van der Waals surface area contributed by atoms with Crippen molar-refractivity contribution >= 4 is 40.1 Å². The molecule has 2 rings (SSSR count). The summed E-state index contributed by atoms with van der Waals surface area (Å²) >= 11 is 13.8. The lowest BCUT2D eigenvalue weighted by molar-refractivity contribution is 0.758. The Morgan fingerprint density at radius 2 is 2.00 bits per heavy atom. The molecule has 1 aromatic rings. The van der Waals surface area contributed by atoms with Gasteiger partial charge in [0.2, 0.25) is 0 Å². The molecule has 0 aliphatic carbocycles. The smallest absolute Gasteiger partial charge is 0.133 e. The molecule has 0 radical (unpaired) electrons. The minimum Gasteiger partial charge on any atom is -0.255 e. The van der Waals surface area contributed by atoms with Gasteiger partial charge in [-0.1, -0.05) is 47.1 Å². The largest absolute Gasteiger partial charge is 0.255 e. The van der Waals surface area contributed by atoms with Gasteiger partial charge in [-0.05, 0) is 19.9 Å². The lowest BCUT2D eigenvalue weighted by Gasteiger charge is -2.26. The zero-order valence-corrected chi connectivity index (χ0v) is 10.2. The van der Waals surface area contributed by atoms with Crippen LogP contribution in [-0.4, -0.2) is 10.0 Å². The lowest BCUT2D eigenvalue weighted by atomic mass is 10.2. The summed E-state index contributed by atoms with van der Waals surface area (Å²) in [5.74, 6) is 0. The quantitative estimate of drug-likeness (QED) is 0.669. The molecule has 1 aromatic carbocycles. The number of hydrogen-bond acceptors (Lipinski definition) is 2. The van der Waals surface area contributed by atoms with Crippen LogP contribution in [0.25, 0.3) is 0 Å². The number of halogens is 2. The minimum atomic E-state index is -0.227. The Morgan fingerprint density at radius 1 is 1.29 bits per heavy atom. The van der Waals surface area contributed by atoms with Crippen LogP contribution in [0.3, 0.4) is 0 Å². The van der Waals surface area contributed by atoms with E-state index in [-0.39, 0.29) is 4.87 Å². The Morgan fingerprint density at radius 3 is 2.71 bits per heavy atom. The molecule has 0 aromatic heterocycles. The third-order valence-electron chi connectivity index (χ3n) is 1.91. The molecular weight excluding hydrogens is 237 g/mol. The standard InChI is InChI=1S/C10H9Cl2NS/c1-10(2)13-9(12)6-4-3-5-7(11)8(6)14-10/h3-5H,1-2H3. The van der Waals surface area contributed by atoms with Crippen molar-refractivity contribution < 1.29 is 0 Å². The minimum absolute atomic E-state index is 0.227. The van der Waals surface area contributed by atoms with E-state index in [1.54, 1.807) is 11.8 Å². The van der Waals surface area contributed by atoms with Gasteiger partial charge in [0.05, 0.1) is 5.02 Å². The lowest BCUT2D eigenvalue weighted by Crippen LogP contribution is -2.18. The fourth-order valence-electron chi connectivity index (χ4n) is 1.34. The summed E-state index contributed by atoms with van der Waals surface area (Å²) in [5, 5.41) is 1.29. The Kier molecular flexibility index (Phi) is 2.54. The molecule has 0 fully saturated rings. The average Bonchev–Trinajstić information content (AvgIpc) is 2.05. The molecule has 0 unspecified atom stereocenters. The van der Waals surface area contributed by atoms with E-state index in [1.165, 1.54) is 0 Å². The molecule has 1 nitrogen and oxygen atoms in total. The van der Waals surface area contributed by atoms with Crippen molar-refractivity contribution in [3.05, 3.63) is 28.8 Å². The monoisotopic (exact) mass is 245 g/mol. The molecule has 0 N–H and O–H groups in total. The summed E-state index contributed by atoms with van der Waals surface area (Å²) < 4.78 is 0. The van der Waals surface area contributed by atoms with Gasteiger partial charge in [-0.3, -0.25) is 4.99 Å². The highest BCUT2D eigenvalue weighted by atomic mass is 35.5. The van der Waals surface area contributed by atoms with E-state index in [2.05, 4.69) is 4.99 Å². The van der Waals surface area contributed by atoms with Gasteiger partial charge in [0.25, 0.3) is 0 Å². The maximum atomic E-state index is 6.10. The van der Waals surface area contributed by atoms with Crippen LogP contribution in [0.15, 0.2) is 28.1 Å². The molecule has 74 valence electrons. The topological polar surface area (TPSA) is 12.4 Å². The van der Waals surface area contributed by atoms with Gasteiger partial charge in [0.15, 0.2) is 0 Å². The van der Waals surface area contributed by atoms with E-state index >= 15 is 0 Å². The summed E-state index contributed by atoms with van der Waals surface area (Å²) in [5.41, 5.74) is 0.934. The summed E-state index contributed by atoms with van der Waals surface area (Å²) in [7, 11) is 0. The van der Waals surface area contributed by atoms with Gasteiger partial charge < -0.3 is 0 Å². The van der Waals surface area contributed by atoms with Gasteiger partial charge >= 0.3 is 0 Å². The molecule has 1 aliphatic heterocycles. The Balaban J connectivity index is 2.62. The summed E-state index contributed by atoms with van der Waals surface area (Å²) in [6.45, 7) is 4.04. The van der Waals surface area contributed by atoms with Crippen molar-refractivity contribution in [2.45, 2.75) is 23.6 Å². The highest BCUT2D eigenvalue weighted by Crippen LogP contribution is 2.44. The van der Waals surface area contributed by atoms with Crippen LogP contribution in [0.5, 0.6) is 0 Å². The van der Waals surface area contributed by atoms with Crippen molar-refractivity contribution in [2.24, 2.45) is 4.99 Å². The van der Waals surface area contributed by atoms with Crippen LogP contribution in [-0.2, 0) is 0 Å². The highest BCUT2D eigenvalue weighted by Gasteiger charge is 2.28. The Labute approximate surface area is 97.5 Å².